The van der Waals surface area contributed by atoms with Gasteiger partial charge in [-0.15, -0.1) is 0 Å². The molecule has 0 saturated carbocycles. The van der Waals surface area contributed by atoms with Gasteiger partial charge >= 0.3 is 0 Å². The van der Waals surface area contributed by atoms with Crippen LogP contribution < -0.4 is 4.74 Å². The van der Waals surface area contributed by atoms with Gasteiger partial charge in [-0.2, -0.15) is 0 Å². The molecule has 0 unspecified atom stereocenters. The lowest BCUT2D eigenvalue weighted by Gasteiger charge is -2.04. The molecule has 0 aliphatic heterocycles. The van der Waals surface area contributed by atoms with Gasteiger partial charge in [0.2, 0.25) is 0 Å². The molecule has 0 spiro atoms. The molecule has 2 nitrogen and oxygen atoms in total. The van der Waals surface area contributed by atoms with Gasteiger partial charge in [0.05, 0.1) is 17.1 Å². The third kappa shape index (κ3) is 3.12. The molecule has 0 fully saturated rings. The van der Waals surface area contributed by atoms with Crippen LogP contribution in [0.3, 0.4) is 0 Å². The number of hydrogen-bond donors (Lipinski definition) is 0. The Morgan fingerprint density at radius 3 is 2.59 bits per heavy atom. The summed E-state index contributed by atoms with van der Waals surface area (Å²) in [6.07, 6.45) is 5.81. The first-order valence-corrected chi connectivity index (χ1v) is 7.60. The van der Waals surface area contributed by atoms with Gasteiger partial charge < -0.3 is 4.74 Å². The van der Waals surface area contributed by atoms with E-state index < -0.39 is 0 Å². The van der Waals surface area contributed by atoms with Gasteiger partial charge in [0.1, 0.15) is 5.75 Å². The van der Waals surface area contributed by atoms with Crippen LogP contribution in [0.4, 0.5) is 0 Å². The number of halogens is 1. The monoisotopic (exact) mass is 309 g/mol. The predicted octanol–water partition coefficient (Wildman–Crippen LogP) is 5.46. The quantitative estimate of drug-likeness (QED) is 0.638. The number of fused-ring (bicyclic) bond motifs is 1. The predicted molar refractivity (Wildman–Crippen MR) is 93.3 cm³/mol. The van der Waals surface area contributed by atoms with Crippen LogP contribution in [-0.4, -0.2) is 11.6 Å². The standard InChI is InChI=1S/C19H16ClNO/c1-2-22-16-11-8-14(9-12-16)7-10-15-13-21-18-6-4-3-5-17(18)19(15)20/h3-13H,2H2,1H3/b10-7+. The van der Waals surface area contributed by atoms with Gasteiger partial charge in [0, 0.05) is 17.1 Å². The molecular weight excluding hydrogens is 294 g/mol. The second kappa shape index (κ2) is 6.63. The SMILES string of the molecule is CCOc1ccc(/C=C/c2cnc3ccccc3c2Cl)cc1. The van der Waals surface area contributed by atoms with Crippen molar-refractivity contribution in [3.05, 3.63) is 70.9 Å². The van der Waals surface area contributed by atoms with Crippen molar-refractivity contribution in [2.45, 2.75) is 6.92 Å². The number of aromatic nitrogens is 1. The van der Waals surface area contributed by atoms with E-state index in [-0.39, 0.29) is 0 Å². The largest absolute Gasteiger partial charge is 0.494 e. The summed E-state index contributed by atoms with van der Waals surface area (Å²) in [5.74, 6) is 0.880. The van der Waals surface area contributed by atoms with Crippen molar-refractivity contribution in [3.8, 4) is 5.75 Å². The van der Waals surface area contributed by atoms with Crippen molar-refractivity contribution in [3.63, 3.8) is 0 Å². The van der Waals surface area contributed by atoms with Gasteiger partial charge in [0.25, 0.3) is 0 Å². The lowest BCUT2D eigenvalue weighted by Crippen LogP contribution is -1.90. The van der Waals surface area contributed by atoms with Crippen molar-refractivity contribution >= 4 is 34.7 Å². The second-order valence-corrected chi connectivity index (χ2v) is 5.26. The van der Waals surface area contributed by atoms with E-state index in [1.54, 1.807) is 6.20 Å². The van der Waals surface area contributed by atoms with Crippen LogP contribution in [0.15, 0.2) is 54.7 Å². The third-order valence-corrected chi connectivity index (χ3v) is 3.80. The average Bonchev–Trinajstić information content (AvgIpc) is 2.56. The fourth-order valence-electron chi connectivity index (χ4n) is 2.27. The molecule has 0 amide bonds. The van der Waals surface area contributed by atoms with Crippen LogP contribution in [0.2, 0.25) is 5.02 Å². The first-order chi connectivity index (χ1) is 10.8. The van der Waals surface area contributed by atoms with Gasteiger partial charge in [-0.05, 0) is 30.7 Å². The van der Waals surface area contributed by atoms with Crippen LogP contribution >= 0.6 is 11.6 Å². The molecule has 0 N–H and O–H groups in total. The Balaban J connectivity index is 1.87. The Morgan fingerprint density at radius 2 is 1.82 bits per heavy atom. The van der Waals surface area contributed by atoms with E-state index in [1.165, 1.54) is 0 Å². The molecule has 3 heteroatoms. The number of rotatable bonds is 4. The Morgan fingerprint density at radius 1 is 1.05 bits per heavy atom. The maximum Gasteiger partial charge on any atom is 0.119 e. The molecule has 0 saturated heterocycles. The van der Waals surface area contributed by atoms with Crippen LogP contribution in [-0.2, 0) is 0 Å². The lowest BCUT2D eigenvalue weighted by atomic mass is 10.1. The molecule has 1 aromatic heterocycles. The summed E-state index contributed by atoms with van der Waals surface area (Å²) in [6.45, 7) is 2.65. The van der Waals surface area contributed by atoms with Gasteiger partial charge in [-0.3, -0.25) is 4.98 Å². The molecule has 3 rings (SSSR count). The van der Waals surface area contributed by atoms with E-state index in [9.17, 15) is 0 Å². The van der Waals surface area contributed by atoms with E-state index >= 15 is 0 Å². The minimum absolute atomic E-state index is 0.674. The van der Waals surface area contributed by atoms with Gasteiger partial charge in [-0.1, -0.05) is 54.1 Å². The van der Waals surface area contributed by atoms with Crippen molar-refractivity contribution in [2.24, 2.45) is 0 Å². The number of nitrogens with zero attached hydrogens (tertiary/aromatic N) is 1. The zero-order chi connectivity index (χ0) is 15.4. The minimum atomic E-state index is 0.674. The number of benzene rings is 2. The summed E-state index contributed by atoms with van der Waals surface area (Å²) in [5.41, 5.74) is 2.91. The molecule has 22 heavy (non-hydrogen) atoms. The highest BCUT2D eigenvalue weighted by Crippen LogP contribution is 2.27. The highest BCUT2D eigenvalue weighted by atomic mass is 35.5. The molecule has 1 heterocycles. The molecule has 0 aliphatic carbocycles. The Hall–Kier alpha value is -2.32. The van der Waals surface area contributed by atoms with Crippen molar-refractivity contribution < 1.29 is 4.74 Å². The molecule has 3 aromatic rings. The normalized spacial score (nSPS) is 11.2. The molecule has 110 valence electrons. The Labute approximate surface area is 135 Å². The zero-order valence-corrected chi connectivity index (χ0v) is 13.0. The van der Waals surface area contributed by atoms with Crippen LogP contribution in [0, 0.1) is 0 Å². The summed E-state index contributed by atoms with van der Waals surface area (Å²) in [6, 6.07) is 15.8. The Bertz CT molecular complexity index is 809. The summed E-state index contributed by atoms with van der Waals surface area (Å²) in [5, 5.41) is 1.70. The number of pyridine rings is 1. The van der Waals surface area contributed by atoms with Crippen LogP contribution in [0.25, 0.3) is 23.1 Å². The van der Waals surface area contributed by atoms with E-state index in [4.69, 9.17) is 16.3 Å². The molecule has 0 atom stereocenters. The third-order valence-electron chi connectivity index (χ3n) is 3.38. The topological polar surface area (TPSA) is 22.1 Å². The van der Waals surface area contributed by atoms with E-state index in [0.717, 1.165) is 32.8 Å². The zero-order valence-electron chi connectivity index (χ0n) is 12.3. The van der Waals surface area contributed by atoms with Crippen molar-refractivity contribution in [2.75, 3.05) is 6.61 Å². The van der Waals surface area contributed by atoms with Gasteiger partial charge in [0.15, 0.2) is 0 Å². The molecule has 0 bridgehead atoms. The minimum Gasteiger partial charge on any atom is -0.494 e. The number of para-hydroxylation sites is 1. The molecule has 0 radical (unpaired) electrons. The molecular formula is C19H16ClNO. The molecule has 2 aromatic carbocycles. The van der Waals surface area contributed by atoms with Crippen molar-refractivity contribution in [1.29, 1.82) is 0 Å². The highest BCUT2D eigenvalue weighted by Gasteiger charge is 2.03. The number of hydrogen-bond acceptors (Lipinski definition) is 2. The average molecular weight is 310 g/mol. The fourth-order valence-corrected chi connectivity index (χ4v) is 2.54. The second-order valence-electron chi connectivity index (χ2n) is 4.88. The number of ether oxygens (including phenoxy) is 1. The van der Waals surface area contributed by atoms with Crippen molar-refractivity contribution in [1.82, 2.24) is 4.98 Å². The van der Waals surface area contributed by atoms with Crippen LogP contribution in [0.5, 0.6) is 5.75 Å². The first kappa shape index (κ1) is 14.6. The molecule has 0 aliphatic rings. The summed E-state index contributed by atoms with van der Waals surface area (Å²) >= 11 is 6.46. The summed E-state index contributed by atoms with van der Waals surface area (Å²) < 4.78 is 5.44. The Kier molecular flexibility index (Phi) is 4.40. The maximum atomic E-state index is 6.46. The maximum absolute atomic E-state index is 6.46. The van der Waals surface area contributed by atoms with E-state index in [1.807, 2.05) is 67.6 Å². The fraction of sp³-hybridized carbons (Fsp3) is 0.105. The van der Waals surface area contributed by atoms with Crippen LogP contribution in [0.1, 0.15) is 18.1 Å². The van der Waals surface area contributed by atoms with E-state index in [0.29, 0.717) is 6.61 Å². The smallest absolute Gasteiger partial charge is 0.119 e. The highest BCUT2D eigenvalue weighted by molar-refractivity contribution is 6.36. The first-order valence-electron chi connectivity index (χ1n) is 7.22. The van der Waals surface area contributed by atoms with E-state index in [2.05, 4.69) is 4.98 Å². The summed E-state index contributed by atoms with van der Waals surface area (Å²) in [4.78, 5) is 4.44. The van der Waals surface area contributed by atoms with Gasteiger partial charge in [-0.25, -0.2) is 0 Å². The lowest BCUT2D eigenvalue weighted by molar-refractivity contribution is 0.340. The summed E-state index contributed by atoms with van der Waals surface area (Å²) in [7, 11) is 0.